The van der Waals surface area contributed by atoms with Crippen LogP contribution in [0.2, 0.25) is 0 Å². The summed E-state index contributed by atoms with van der Waals surface area (Å²) in [6.45, 7) is 3.17. The van der Waals surface area contributed by atoms with Gasteiger partial charge in [0, 0.05) is 17.1 Å². The molecule has 0 aliphatic heterocycles. The molecule has 1 nitrogen and oxygen atoms in total. The first-order chi connectivity index (χ1) is 6.27. The zero-order valence-corrected chi connectivity index (χ0v) is 9.39. The van der Waals surface area contributed by atoms with Crippen molar-refractivity contribution in [2.75, 3.05) is 0 Å². The van der Waals surface area contributed by atoms with E-state index in [9.17, 15) is 0 Å². The van der Waals surface area contributed by atoms with E-state index in [-0.39, 0.29) is 0 Å². The third-order valence-electron chi connectivity index (χ3n) is 2.54. The van der Waals surface area contributed by atoms with Gasteiger partial charge in [0.05, 0.1) is 0 Å². The van der Waals surface area contributed by atoms with Gasteiger partial charge in [-0.3, -0.25) is 0 Å². The second-order valence-electron chi connectivity index (χ2n) is 3.68. The Morgan fingerprint density at radius 3 is 2.92 bits per heavy atom. The first kappa shape index (κ1) is 9.22. The van der Waals surface area contributed by atoms with E-state index in [1.165, 1.54) is 28.4 Å². The van der Waals surface area contributed by atoms with Crippen LogP contribution < -0.4 is 5.32 Å². The van der Waals surface area contributed by atoms with Crippen LogP contribution in [0.5, 0.6) is 0 Å². The molecule has 1 aliphatic rings. The standard InChI is InChI=1S/C11H14BrN/c1-8-9(3-2-4-11(8)12)7-13-10-5-6-10/h2-4,10,13H,5-7H2,1H3. The molecule has 1 saturated carbocycles. The molecule has 1 fully saturated rings. The van der Waals surface area contributed by atoms with E-state index in [1.54, 1.807) is 0 Å². The molecule has 0 heterocycles. The molecule has 1 aromatic carbocycles. The molecule has 0 radical (unpaired) electrons. The van der Waals surface area contributed by atoms with Crippen molar-refractivity contribution in [3.63, 3.8) is 0 Å². The van der Waals surface area contributed by atoms with Gasteiger partial charge in [-0.1, -0.05) is 28.1 Å². The van der Waals surface area contributed by atoms with Crippen LogP contribution in [0.1, 0.15) is 24.0 Å². The fourth-order valence-corrected chi connectivity index (χ4v) is 1.79. The monoisotopic (exact) mass is 239 g/mol. The first-order valence-electron chi connectivity index (χ1n) is 4.75. The van der Waals surface area contributed by atoms with Crippen molar-refractivity contribution in [2.24, 2.45) is 0 Å². The molecule has 2 rings (SSSR count). The van der Waals surface area contributed by atoms with Gasteiger partial charge < -0.3 is 5.32 Å². The van der Waals surface area contributed by atoms with Crippen LogP contribution in [0.3, 0.4) is 0 Å². The summed E-state index contributed by atoms with van der Waals surface area (Å²) in [5.74, 6) is 0. The molecule has 0 bridgehead atoms. The number of hydrogen-bond acceptors (Lipinski definition) is 1. The number of hydrogen-bond donors (Lipinski definition) is 1. The maximum absolute atomic E-state index is 3.54. The lowest BCUT2D eigenvalue weighted by molar-refractivity contribution is 0.685. The summed E-state index contributed by atoms with van der Waals surface area (Å²) in [5.41, 5.74) is 2.76. The lowest BCUT2D eigenvalue weighted by Gasteiger charge is -2.07. The third-order valence-corrected chi connectivity index (χ3v) is 3.40. The summed E-state index contributed by atoms with van der Waals surface area (Å²) in [4.78, 5) is 0. The van der Waals surface area contributed by atoms with Crippen molar-refractivity contribution in [3.8, 4) is 0 Å². The summed E-state index contributed by atoms with van der Waals surface area (Å²) in [6, 6.07) is 7.17. The molecule has 1 aliphatic carbocycles. The van der Waals surface area contributed by atoms with E-state index >= 15 is 0 Å². The van der Waals surface area contributed by atoms with Gasteiger partial charge in [-0.05, 0) is 37.0 Å². The van der Waals surface area contributed by atoms with E-state index in [0.717, 1.165) is 12.6 Å². The van der Waals surface area contributed by atoms with Crippen LogP contribution in [0.4, 0.5) is 0 Å². The summed E-state index contributed by atoms with van der Waals surface area (Å²) < 4.78 is 1.21. The third kappa shape index (κ3) is 2.32. The first-order valence-corrected chi connectivity index (χ1v) is 5.54. The molecular weight excluding hydrogens is 226 g/mol. The fraction of sp³-hybridized carbons (Fsp3) is 0.455. The Morgan fingerprint density at radius 1 is 1.46 bits per heavy atom. The zero-order valence-electron chi connectivity index (χ0n) is 7.81. The summed E-state index contributed by atoms with van der Waals surface area (Å²) in [5, 5.41) is 3.52. The average Bonchev–Trinajstić information content (AvgIpc) is 2.91. The highest BCUT2D eigenvalue weighted by Gasteiger charge is 2.20. The molecule has 0 aromatic heterocycles. The van der Waals surface area contributed by atoms with E-state index in [2.05, 4.69) is 46.4 Å². The Kier molecular flexibility index (Phi) is 2.70. The predicted molar refractivity (Wildman–Crippen MR) is 58.7 cm³/mol. The Balaban J connectivity index is 2.05. The molecule has 0 atom stereocenters. The van der Waals surface area contributed by atoms with Crippen LogP contribution in [-0.2, 0) is 6.54 Å². The Labute approximate surface area is 87.7 Å². The molecule has 0 spiro atoms. The van der Waals surface area contributed by atoms with Gasteiger partial charge in [-0.2, -0.15) is 0 Å². The molecule has 13 heavy (non-hydrogen) atoms. The highest BCUT2D eigenvalue weighted by molar-refractivity contribution is 9.10. The maximum Gasteiger partial charge on any atom is 0.0211 e. The van der Waals surface area contributed by atoms with Gasteiger partial charge in [0.25, 0.3) is 0 Å². The highest BCUT2D eigenvalue weighted by Crippen LogP contribution is 2.22. The van der Waals surface area contributed by atoms with Crippen molar-refractivity contribution in [2.45, 2.75) is 32.4 Å². The number of benzene rings is 1. The van der Waals surface area contributed by atoms with Crippen molar-refractivity contribution < 1.29 is 0 Å². The lowest BCUT2D eigenvalue weighted by Crippen LogP contribution is -2.15. The maximum atomic E-state index is 3.54. The second-order valence-corrected chi connectivity index (χ2v) is 4.53. The van der Waals surface area contributed by atoms with E-state index in [4.69, 9.17) is 0 Å². The molecule has 2 heteroatoms. The van der Waals surface area contributed by atoms with Gasteiger partial charge >= 0.3 is 0 Å². The van der Waals surface area contributed by atoms with Crippen LogP contribution in [-0.4, -0.2) is 6.04 Å². The molecule has 70 valence electrons. The number of halogens is 1. The van der Waals surface area contributed by atoms with Crippen molar-refractivity contribution in [1.29, 1.82) is 0 Å². The quantitative estimate of drug-likeness (QED) is 0.856. The summed E-state index contributed by atoms with van der Waals surface area (Å²) in [6.07, 6.45) is 2.71. The summed E-state index contributed by atoms with van der Waals surface area (Å²) in [7, 11) is 0. The van der Waals surface area contributed by atoms with E-state index < -0.39 is 0 Å². The molecule has 1 aromatic rings. The topological polar surface area (TPSA) is 12.0 Å². The molecule has 0 unspecified atom stereocenters. The largest absolute Gasteiger partial charge is 0.310 e. The predicted octanol–water partition coefficient (Wildman–Crippen LogP) is 3.01. The van der Waals surface area contributed by atoms with Gasteiger partial charge in [-0.25, -0.2) is 0 Å². The van der Waals surface area contributed by atoms with Crippen molar-refractivity contribution in [1.82, 2.24) is 5.32 Å². The molecular formula is C11H14BrN. The number of nitrogens with one attached hydrogen (secondary N) is 1. The minimum Gasteiger partial charge on any atom is -0.310 e. The lowest BCUT2D eigenvalue weighted by atomic mass is 10.1. The average molecular weight is 240 g/mol. The SMILES string of the molecule is Cc1c(Br)cccc1CNC1CC1. The zero-order chi connectivity index (χ0) is 9.26. The van der Waals surface area contributed by atoms with Crippen molar-refractivity contribution >= 4 is 15.9 Å². The molecule has 0 amide bonds. The normalized spacial score (nSPS) is 16.2. The van der Waals surface area contributed by atoms with Gasteiger partial charge in [-0.15, -0.1) is 0 Å². The number of rotatable bonds is 3. The Morgan fingerprint density at radius 2 is 2.23 bits per heavy atom. The van der Waals surface area contributed by atoms with Gasteiger partial charge in [0.1, 0.15) is 0 Å². The van der Waals surface area contributed by atoms with E-state index in [1.807, 2.05) is 0 Å². The smallest absolute Gasteiger partial charge is 0.0211 e. The Bertz CT molecular complexity index is 305. The second kappa shape index (κ2) is 3.81. The highest BCUT2D eigenvalue weighted by atomic mass is 79.9. The van der Waals surface area contributed by atoms with Gasteiger partial charge in [0.2, 0.25) is 0 Å². The molecule has 1 N–H and O–H groups in total. The van der Waals surface area contributed by atoms with Crippen LogP contribution >= 0.6 is 15.9 Å². The van der Waals surface area contributed by atoms with E-state index in [0.29, 0.717) is 0 Å². The fourth-order valence-electron chi connectivity index (χ4n) is 1.39. The van der Waals surface area contributed by atoms with Crippen LogP contribution in [0.25, 0.3) is 0 Å². The van der Waals surface area contributed by atoms with Crippen LogP contribution in [0, 0.1) is 6.92 Å². The molecule has 0 saturated heterocycles. The van der Waals surface area contributed by atoms with Crippen LogP contribution in [0.15, 0.2) is 22.7 Å². The van der Waals surface area contributed by atoms with Crippen molar-refractivity contribution in [3.05, 3.63) is 33.8 Å². The Hall–Kier alpha value is -0.340. The minimum atomic E-state index is 0.790. The minimum absolute atomic E-state index is 0.790. The summed E-state index contributed by atoms with van der Waals surface area (Å²) >= 11 is 3.54. The van der Waals surface area contributed by atoms with Gasteiger partial charge in [0.15, 0.2) is 0 Å².